The fraction of sp³-hybridized carbons (Fsp3) is 0.545. The molecule has 0 bridgehead atoms. The van der Waals surface area contributed by atoms with Crippen LogP contribution >= 0.6 is 0 Å². The van der Waals surface area contributed by atoms with Crippen molar-refractivity contribution < 1.29 is 18.5 Å². The van der Waals surface area contributed by atoms with Crippen molar-refractivity contribution in [3.63, 3.8) is 0 Å². The molecule has 0 unspecified atom stereocenters. The van der Waals surface area contributed by atoms with Gasteiger partial charge in [-0.1, -0.05) is 0 Å². The summed E-state index contributed by atoms with van der Waals surface area (Å²) in [5.74, 6) is 0. The Morgan fingerprint density at radius 3 is 2.19 bits per heavy atom. The van der Waals surface area contributed by atoms with Gasteiger partial charge in [0, 0.05) is 0 Å². The average Bonchev–Trinajstić information content (AvgIpc) is 2.70. The molecule has 0 aromatic carbocycles. The molecule has 1 aliphatic rings. The molecule has 1 fully saturated rings. The number of furan rings is 1. The molecule has 5 heteroatoms. The predicted molar refractivity (Wildman–Crippen MR) is 59.8 cm³/mol. The van der Waals surface area contributed by atoms with Gasteiger partial charge in [-0.3, -0.25) is 4.79 Å². The van der Waals surface area contributed by atoms with Gasteiger partial charge in [-0.05, 0) is 33.8 Å². The minimum Gasteiger partial charge on any atom is -0.472 e. The zero-order chi connectivity index (χ0) is 12.0. The summed E-state index contributed by atoms with van der Waals surface area (Å²) in [5, 5.41) is 0. The highest BCUT2D eigenvalue weighted by molar-refractivity contribution is 6.60. The van der Waals surface area contributed by atoms with Crippen molar-refractivity contribution in [2.45, 2.75) is 38.9 Å². The van der Waals surface area contributed by atoms with Crippen LogP contribution in [-0.4, -0.2) is 24.6 Å². The Bertz CT molecular complexity index is 392. The van der Waals surface area contributed by atoms with Gasteiger partial charge in [0.15, 0.2) is 6.29 Å². The standard InChI is InChI=1S/C11H15BO4/c1-10(2)11(3,4)16-12(15-10)9-5-8(6-13)7-14-9/h5-7H,1-4H3. The number of carbonyl (C=O) groups excluding carboxylic acids is 1. The molecular weight excluding hydrogens is 207 g/mol. The Kier molecular flexibility index (Phi) is 2.47. The summed E-state index contributed by atoms with van der Waals surface area (Å²) in [4.78, 5) is 10.5. The van der Waals surface area contributed by atoms with Crippen LogP contribution in [0.2, 0.25) is 0 Å². The normalized spacial score (nSPS) is 22.4. The lowest BCUT2D eigenvalue weighted by Crippen LogP contribution is -2.41. The molecule has 0 saturated carbocycles. The van der Waals surface area contributed by atoms with Crippen molar-refractivity contribution >= 4 is 19.1 Å². The van der Waals surface area contributed by atoms with Gasteiger partial charge in [-0.2, -0.15) is 0 Å². The highest BCUT2D eigenvalue weighted by Gasteiger charge is 2.53. The van der Waals surface area contributed by atoms with Crippen LogP contribution < -0.4 is 5.66 Å². The third-order valence-corrected chi connectivity index (χ3v) is 3.26. The van der Waals surface area contributed by atoms with Crippen LogP contribution in [0.5, 0.6) is 0 Å². The maximum Gasteiger partial charge on any atom is 0.532 e. The quantitative estimate of drug-likeness (QED) is 0.560. The summed E-state index contributed by atoms with van der Waals surface area (Å²) in [6, 6.07) is 1.63. The van der Waals surface area contributed by atoms with Gasteiger partial charge < -0.3 is 13.7 Å². The van der Waals surface area contributed by atoms with E-state index in [1.807, 2.05) is 27.7 Å². The molecule has 1 aliphatic heterocycles. The number of aldehydes is 1. The zero-order valence-corrected chi connectivity index (χ0v) is 9.94. The lowest BCUT2D eigenvalue weighted by atomic mass is 9.86. The Hall–Kier alpha value is -1.07. The Balaban J connectivity index is 2.23. The Morgan fingerprint density at radius 2 is 1.75 bits per heavy atom. The minimum absolute atomic E-state index is 0.397. The van der Waals surface area contributed by atoms with Crippen molar-refractivity contribution in [3.8, 4) is 0 Å². The van der Waals surface area contributed by atoms with E-state index in [1.165, 1.54) is 6.26 Å². The maximum atomic E-state index is 10.5. The molecule has 0 N–H and O–H groups in total. The maximum absolute atomic E-state index is 10.5. The van der Waals surface area contributed by atoms with Gasteiger partial charge in [0.2, 0.25) is 0 Å². The first-order valence-corrected chi connectivity index (χ1v) is 5.25. The van der Waals surface area contributed by atoms with E-state index < -0.39 is 18.3 Å². The summed E-state index contributed by atoms with van der Waals surface area (Å²) in [5.41, 5.74) is 0.225. The summed E-state index contributed by atoms with van der Waals surface area (Å²) < 4.78 is 16.8. The first kappa shape index (κ1) is 11.4. The highest BCUT2D eigenvalue weighted by Crippen LogP contribution is 2.36. The predicted octanol–water partition coefficient (Wildman–Crippen LogP) is 1.39. The molecule has 0 spiro atoms. The van der Waals surface area contributed by atoms with Gasteiger partial charge in [0.05, 0.1) is 16.8 Å². The molecule has 0 amide bonds. The number of rotatable bonds is 2. The Labute approximate surface area is 95.1 Å². The first-order valence-electron chi connectivity index (χ1n) is 5.25. The molecule has 86 valence electrons. The van der Waals surface area contributed by atoms with E-state index in [4.69, 9.17) is 13.7 Å². The monoisotopic (exact) mass is 222 g/mol. The van der Waals surface area contributed by atoms with E-state index in [0.717, 1.165) is 6.29 Å². The number of hydrogen-bond acceptors (Lipinski definition) is 4. The largest absolute Gasteiger partial charge is 0.532 e. The fourth-order valence-electron chi connectivity index (χ4n) is 1.51. The van der Waals surface area contributed by atoms with Crippen molar-refractivity contribution in [2.75, 3.05) is 0 Å². The first-order chi connectivity index (χ1) is 7.36. The van der Waals surface area contributed by atoms with Gasteiger partial charge in [0.25, 0.3) is 0 Å². The fourth-order valence-corrected chi connectivity index (χ4v) is 1.51. The van der Waals surface area contributed by atoms with Crippen LogP contribution in [-0.2, 0) is 9.31 Å². The molecule has 1 aromatic rings. The molecular formula is C11H15BO4. The summed E-state index contributed by atoms with van der Waals surface area (Å²) in [7, 11) is -0.543. The van der Waals surface area contributed by atoms with Gasteiger partial charge in [0.1, 0.15) is 11.9 Å². The third-order valence-electron chi connectivity index (χ3n) is 3.26. The molecule has 4 nitrogen and oxygen atoms in total. The second-order valence-electron chi connectivity index (χ2n) is 4.99. The van der Waals surface area contributed by atoms with E-state index in [0.29, 0.717) is 11.2 Å². The molecule has 2 rings (SSSR count). The van der Waals surface area contributed by atoms with E-state index in [2.05, 4.69) is 0 Å². The molecule has 1 saturated heterocycles. The molecule has 0 atom stereocenters. The van der Waals surface area contributed by atoms with E-state index in [1.54, 1.807) is 6.07 Å². The van der Waals surface area contributed by atoms with Gasteiger partial charge >= 0.3 is 7.12 Å². The van der Waals surface area contributed by atoms with Crippen LogP contribution in [0.25, 0.3) is 0 Å². The second-order valence-corrected chi connectivity index (χ2v) is 4.99. The molecule has 16 heavy (non-hydrogen) atoms. The molecule has 0 aliphatic carbocycles. The summed E-state index contributed by atoms with van der Waals surface area (Å²) in [6.07, 6.45) is 2.13. The van der Waals surface area contributed by atoms with Crippen molar-refractivity contribution in [2.24, 2.45) is 0 Å². The van der Waals surface area contributed by atoms with E-state index in [-0.39, 0.29) is 0 Å². The Morgan fingerprint density at radius 1 is 1.19 bits per heavy atom. The summed E-state index contributed by atoms with van der Waals surface area (Å²) >= 11 is 0. The third kappa shape index (κ3) is 1.70. The lowest BCUT2D eigenvalue weighted by Gasteiger charge is -2.32. The SMILES string of the molecule is CC1(C)OB(c2cc(C=O)co2)OC1(C)C. The molecule has 2 heterocycles. The van der Waals surface area contributed by atoms with Crippen LogP contribution in [0.4, 0.5) is 0 Å². The number of hydrogen-bond donors (Lipinski definition) is 0. The van der Waals surface area contributed by atoms with Crippen LogP contribution in [0.1, 0.15) is 38.1 Å². The summed E-state index contributed by atoms with van der Waals surface area (Å²) in [6.45, 7) is 7.88. The van der Waals surface area contributed by atoms with E-state index in [9.17, 15) is 4.79 Å². The van der Waals surface area contributed by atoms with E-state index >= 15 is 0 Å². The van der Waals surface area contributed by atoms with Crippen molar-refractivity contribution in [1.29, 1.82) is 0 Å². The van der Waals surface area contributed by atoms with Gasteiger partial charge in [-0.15, -0.1) is 0 Å². The topological polar surface area (TPSA) is 48.7 Å². The van der Waals surface area contributed by atoms with Crippen LogP contribution in [0.15, 0.2) is 16.7 Å². The second kappa shape index (κ2) is 3.47. The van der Waals surface area contributed by atoms with Crippen molar-refractivity contribution in [3.05, 3.63) is 17.9 Å². The molecule has 0 radical (unpaired) electrons. The van der Waals surface area contributed by atoms with Crippen LogP contribution in [0, 0.1) is 0 Å². The van der Waals surface area contributed by atoms with Crippen LogP contribution in [0.3, 0.4) is 0 Å². The zero-order valence-electron chi connectivity index (χ0n) is 9.94. The van der Waals surface area contributed by atoms with Gasteiger partial charge in [-0.25, -0.2) is 0 Å². The smallest absolute Gasteiger partial charge is 0.472 e. The lowest BCUT2D eigenvalue weighted by molar-refractivity contribution is 0.00578. The number of carbonyl (C=O) groups is 1. The minimum atomic E-state index is -0.543. The molecule has 1 aromatic heterocycles. The van der Waals surface area contributed by atoms with Crippen molar-refractivity contribution in [1.82, 2.24) is 0 Å². The highest BCUT2D eigenvalue weighted by atomic mass is 16.7. The average molecular weight is 222 g/mol.